The minimum atomic E-state index is 0.890. The third-order valence-electron chi connectivity index (χ3n) is 9.67. The molecule has 0 amide bonds. The van der Waals surface area contributed by atoms with E-state index in [2.05, 4.69) is 181 Å². The van der Waals surface area contributed by atoms with Gasteiger partial charge in [0.05, 0.1) is 0 Å². The monoisotopic (exact) mass is 643 g/mol. The second-order valence-electron chi connectivity index (χ2n) is 12.5. The molecule has 230 valence electrons. The van der Waals surface area contributed by atoms with Crippen molar-refractivity contribution in [1.29, 1.82) is 0 Å². The predicted octanol–water partition coefficient (Wildman–Crippen LogP) is 13.9. The highest BCUT2D eigenvalue weighted by molar-refractivity contribution is 7.25. The van der Waals surface area contributed by atoms with Gasteiger partial charge < -0.3 is 9.32 Å². The maximum Gasteiger partial charge on any atom is 0.136 e. The topological polar surface area (TPSA) is 16.4 Å². The highest BCUT2D eigenvalue weighted by atomic mass is 32.1. The van der Waals surface area contributed by atoms with E-state index in [1.54, 1.807) is 0 Å². The molecule has 0 unspecified atom stereocenters. The SMILES string of the molecule is c1ccc(-c2ccc(N(c3ccc(-c4cccc5sc6ccccc6c45)cc3)c3ccc4oc5ccc6ccccc6c5c4c3)cc2)cc1. The zero-order valence-electron chi connectivity index (χ0n) is 26.5. The molecule has 8 aromatic carbocycles. The van der Waals surface area contributed by atoms with Crippen molar-refractivity contribution in [3.63, 3.8) is 0 Å². The molecule has 3 heteroatoms. The summed E-state index contributed by atoms with van der Waals surface area (Å²) < 4.78 is 9.01. The van der Waals surface area contributed by atoms with Crippen LogP contribution in [-0.4, -0.2) is 0 Å². The number of thiophene rings is 1. The molecule has 0 N–H and O–H groups in total. The Labute approximate surface area is 287 Å². The Bertz CT molecular complexity index is 2810. The van der Waals surface area contributed by atoms with Gasteiger partial charge in [0.15, 0.2) is 0 Å². The molecule has 49 heavy (non-hydrogen) atoms. The Morgan fingerprint density at radius 3 is 1.84 bits per heavy atom. The molecular weight excluding hydrogens is 615 g/mol. The van der Waals surface area contributed by atoms with Crippen LogP contribution in [0.5, 0.6) is 0 Å². The van der Waals surface area contributed by atoms with Gasteiger partial charge in [-0.25, -0.2) is 0 Å². The van der Waals surface area contributed by atoms with Crippen molar-refractivity contribution in [1.82, 2.24) is 0 Å². The fraction of sp³-hybridized carbons (Fsp3) is 0. The van der Waals surface area contributed by atoms with E-state index >= 15 is 0 Å². The molecule has 0 saturated heterocycles. The summed E-state index contributed by atoms with van der Waals surface area (Å²) in [5, 5.41) is 7.32. The van der Waals surface area contributed by atoms with Gasteiger partial charge >= 0.3 is 0 Å². The third-order valence-corrected chi connectivity index (χ3v) is 10.8. The third kappa shape index (κ3) is 4.62. The van der Waals surface area contributed by atoms with Crippen LogP contribution < -0.4 is 4.90 Å². The van der Waals surface area contributed by atoms with Crippen LogP contribution in [0.2, 0.25) is 0 Å². The fourth-order valence-corrected chi connectivity index (χ4v) is 8.49. The molecule has 2 nitrogen and oxygen atoms in total. The number of hydrogen-bond donors (Lipinski definition) is 0. The number of nitrogens with zero attached hydrogens (tertiary/aromatic N) is 1. The molecule has 0 aliphatic rings. The Morgan fingerprint density at radius 2 is 1.02 bits per heavy atom. The van der Waals surface area contributed by atoms with Crippen LogP contribution in [0.4, 0.5) is 17.1 Å². The minimum absolute atomic E-state index is 0.890. The lowest BCUT2D eigenvalue weighted by Crippen LogP contribution is -2.09. The highest BCUT2D eigenvalue weighted by Gasteiger charge is 2.18. The number of benzene rings is 8. The summed E-state index contributed by atoms with van der Waals surface area (Å²) in [5.41, 5.74) is 9.93. The summed E-state index contributed by atoms with van der Waals surface area (Å²) in [6.07, 6.45) is 0. The molecular formula is C46H29NOS. The standard InChI is InChI=1S/C46H29NOS/c1-2-9-30(10-3-1)31-17-22-34(23-18-31)47(36-26-28-41-40(29-36)45-37-12-5-4-11-32(37)21-27-42(45)48-41)35-24-19-33(20-25-35)38-14-8-16-44-46(38)39-13-6-7-15-43(39)49-44/h1-29H. The van der Waals surface area contributed by atoms with Crippen molar-refractivity contribution in [2.75, 3.05) is 4.90 Å². The molecule has 10 rings (SSSR count). The van der Waals surface area contributed by atoms with Crippen LogP contribution in [0.1, 0.15) is 0 Å². The maximum atomic E-state index is 6.38. The van der Waals surface area contributed by atoms with E-state index in [1.165, 1.54) is 53.2 Å². The summed E-state index contributed by atoms with van der Waals surface area (Å²) >= 11 is 1.86. The number of furan rings is 1. The number of rotatable bonds is 5. The van der Waals surface area contributed by atoms with Gasteiger partial charge in [-0.2, -0.15) is 0 Å². The van der Waals surface area contributed by atoms with E-state index in [9.17, 15) is 0 Å². The Balaban J connectivity index is 1.13. The lowest BCUT2D eigenvalue weighted by molar-refractivity contribution is 0.669. The summed E-state index contributed by atoms with van der Waals surface area (Å²) in [7, 11) is 0. The van der Waals surface area contributed by atoms with E-state index in [0.29, 0.717) is 0 Å². The smallest absolute Gasteiger partial charge is 0.136 e. The van der Waals surface area contributed by atoms with E-state index < -0.39 is 0 Å². The molecule has 0 atom stereocenters. The van der Waals surface area contributed by atoms with E-state index in [0.717, 1.165) is 39.0 Å². The predicted molar refractivity (Wildman–Crippen MR) is 210 cm³/mol. The second-order valence-corrected chi connectivity index (χ2v) is 13.6. The Morgan fingerprint density at radius 1 is 0.388 bits per heavy atom. The number of anilines is 3. The van der Waals surface area contributed by atoms with Crippen molar-refractivity contribution in [3.05, 3.63) is 176 Å². The van der Waals surface area contributed by atoms with Gasteiger partial charge in [0.2, 0.25) is 0 Å². The van der Waals surface area contributed by atoms with Crippen LogP contribution in [-0.2, 0) is 0 Å². The molecule has 0 fully saturated rings. The van der Waals surface area contributed by atoms with E-state index in [-0.39, 0.29) is 0 Å². The zero-order valence-corrected chi connectivity index (χ0v) is 27.3. The molecule has 0 spiro atoms. The lowest BCUT2D eigenvalue weighted by atomic mass is 9.99. The molecule has 2 aromatic heterocycles. The van der Waals surface area contributed by atoms with Crippen molar-refractivity contribution in [2.45, 2.75) is 0 Å². The largest absolute Gasteiger partial charge is 0.456 e. The van der Waals surface area contributed by atoms with Gasteiger partial charge in [0, 0.05) is 48.0 Å². The van der Waals surface area contributed by atoms with E-state index in [1.807, 2.05) is 11.3 Å². The van der Waals surface area contributed by atoms with Crippen molar-refractivity contribution >= 4 is 81.3 Å². The first-order valence-electron chi connectivity index (χ1n) is 16.6. The molecule has 0 aliphatic carbocycles. The first-order valence-corrected chi connectivity index (χ1v) is 17.4. The van der Waals surface area contributed by atoms with Crippen molar-refractivity contribution in [2.24, 2.45) is 0 Å². The van der Waals surface area contributed by atoms with Crippen LogP contribution in [0.25, 0.3) is 75.1 Å². The average molecular weight is 644 g/mol. The molecule has 0 aliphatic heterocycles. The minimum Gasteiger partial charge on any atom is -0.456 e. The average Bonchev–Trinajstić information content (AvgIpc) is 3.74. The van der Waals surface area contributed by atoms with Gasteiger partial charge in [-0.3, -0.25) is 0 Å². The Kier molecular flexibility index (Phi) is 6.39. The molecule has 10 aromatic rings. The lowest BCUT2D eigenvalue weighted by Gasteiger charge is -2.26. The van der Waals surface area contributed by atoms with Gasteiger partial charge in [-0.1, -0.05) is 115 Å². The first kappa shape index (κ1) is 27.9. The number of fused-ring (bicyclic) bond motifs is 8. The van der Waals surface area contributed by atoms with Gasteiger partial charge in [0.25, 0.3) is 0 Å². The Hall–Kier alpha value is -6.16. The summed E-state index contributed by atoms with van der Waals surface area (Å²) in [4.78, 5) is 2.35. The van der Waals surface area contributed by atoms with Gasteiger partial charge in [0.1, 0.15) is 11.2 Å². The highest BCUT2D eigenvalue weighted by Crippen LogP contribution is 2.43. The quantitative estimate of drug-likeness (QED) is 0.186. The van der Waals surface area contributed by atoms with E-state index in [4.69, 9.17) is 4.42 Å². The van der Waals surface area contributed by atoms with Crippen LogP contribution in [0.3, 0.4) is 0 Å². The summed E-state index contributed by atoms with van der Waals surface area (Å²) in [6.45, 7) is 0. The normalized spacial score (nSPS) is 11.7. The molecule has 2 heterocycles. The van der Waals surface area contributed by atoms with Crippen molar-refractivity contribution < 1.29 is 4.42 Å². The molecule has 0 bridgehead atoms. The molecule has 0 saturated carbocycles. The van der Waals surface area contributed by atoms with Gasteiger partial charge in [-0.05, 0) is 93.7 Å². The summed E-state index contributed by atoms with van der Waals surface area (Å²) in [5.74, 6) is 0. The summed E-state index contributed by atoms with van der Waals surface area (Å²) in [6, 6.07) is 63.2. The second kappa shape index (κ2) is 11.2. The maximum absolute atomic E-state index is 6.38. The van der Waals surface area contributed by atoms with Crippen molar-refractivity contribution in [3.8, 4) is 22.3 Å². The molecule has 0 radical (unpaired) electrons. The fourth-order valence-electron chi connectivity index (χ4n) is 7.36. The van der Waals surface area contributed by atoms with Crippen LogP contribution in [0.15, 0.2) is 180 Å². The number of hydrogen-bond acceptors (Lipinski definition) is 3. The van der Waals surface area contributed by atoms with Crippen LogP contribution in [0, 0.1) is 0 Å². The zero-order chi connectivity index (χ0) is 32.3. The first-order chi connectivity index (χ1) is 24.3. The van der Waals surface area contributed by atoms with Crippen LogP contribution >= 0.6 is 11.3 Å². The van der Waals surface area contributed by atoms with Gasteiger partial charge in [-0.15, -0.1) is 11.3 Å².